The minimum atomic E-state index is -2.97. The van der Waals surface area contributed by atoms with Crippen LogP contribution in [0.4, 0.5) is 0 Å². The lowest BCUT2D eigenvalue weighted by molar-refractivity contribution is 0.477. The Labute approximate surface area is 157 Å². The summed E-state index contributed by atoms with van der Waals surface area (Å²) in [5, 5.41) is 3.20. The van der Waals surface area contributed by atoms with Gasteiger partial charge in [0.25, 0.3) is 0 Å². The van der Waals surface area contributed by atoms with E-state index in [1.54, 1.807) is 6.92 Å². The van der Waals surface area contributed by atoms with Crippen LogP contribution in [0.5, 0.6) is 0 Å². The number of nitrogens with one attached hydrogen (secondary N) is 1. The molecule has 132 valence electrons. The summed E-state index contributed by atoms with van der Waals surface area (Å²) in [6.07, 6.45) is 0. The van der Waals surface area contributed by atoms with E-state index in [4.69, 9.17) is 0 Å². The molecule has 0 atom stereocenters. The van der Waals surface area contributed by atoms with Crippen molar-refractivity contribution in [3.05, 3.63) is 35.4 Å². The first kappa shape index (κ1) is 22.2. The van der Waals surface area contributed by atoms with Gasteiger partial charge in [-0.25, -0.2) is 8.42 Å². The zero-order chi connectivity index (χ0) is 16.6. The van der Waals surface area contributed by atoms with E-state index >= 15 is 0 Å². The highest BCUT2D eigenvalue weighted by Gasteiger charge is 2.09. The molecule has 5 nitrogen and oxygen atoms in total. The van der Waals surface area contributed by atoms with Gasteiger partial charge in [0.15, 0.2) is 15.8 Å². The minimum Gasteiger partial charge on any atom is -0.357 e. The number of rotatable bonds is 7. The Hall–Kier alpha value is -0.830. The van der Waals surface area contributed by atoms with Crippen LogP contribution in [0.3, 0.4) is 0 Å². The molecular formula is C16H28IN3O2S. The molecule has 0 bridgehead atoms. The molecule has 7 heteroatoms. The second-order valence-corrected chi connectivity index (χ2v) is 7.79. The Morgan fingerprint density at radius 2 is 1.83 bits per heavy atom. The largest absolute Gasteiger partial charge is 0.357 e. The number of hydrogen-bond donors (Lipinski definition) is 1. The predicted molar refractivity (Wildman–Crippen MR) is 108 cm³/mol. The third-order valence-electron chi connectivity index (χ3n) is 3.34. The maximum atomic E-state index is 11.5. The normalized spacial score (nSPS) is 11.7. The molecule has 0 radical (unpaired) electrons. The Bertz CT molecular complexity index is 586. The Kier molecular flexibility index (Phi) is 10.5. The summed E-state index contributed by atoms with van der Waals surface area (Å²) in [6.45, 7) is 7.49. The zero-order valence-corrected chi connectivity index (χ0v) is 17.5. The van der Waals surface area contributed by atoms with E-state index in [-0.39, 0.29) is 42.0 Å². The molecule has 1 aromatic rings. The first-order chi connectivity index (χ1) is 10.4. The fourth-order valence-corrected chi connectivity index (χ4v) is 2.61. The molecule has 23 heavy (non-hydrogen) atoms. The molecule has 0 aliphatic rings. The smallest absolute Gasteiger partial charge is 0.193 e. The summed E-state index contributed by atoms with van der Waals surface area (Å²) >= 11 is 0. The standard InChI is InChI=1S/C16H27N3O2S.HI/c1-5-17-16(18-11-12-22(20,21)6-2)19(4)13-15-9-7-14(3)8-10-15;/h7-10H,5-6,11-13H2,1-4H3,(H,17,18);1H. The topological polar surface area (TPSA) is 61.8 Å². The molecular weight excluding hydrogens is 425 g/mol. The molecule has 0 spiro atoms. The second kappa shape index (κ2) is 10.9. The number of sulfone groups is 1. The summed E-state index contributed by atoms with van der Waals surface area (Å²) in [5.74, 6) is 0.990. The molecule has 1 N–H and O–H groups in total. The van der Waals surface area contributed by atoms with Gasteiger partial charge in [-0.15, -0.1) is 24.0 Å². The third kappa shape index (κ3) is 8.55. The van der Waals surface area contributed by atoms with Gasteiger partial charge < -0.3 is 10.2 Å². The molecule has 0 aliphatic heterocycles. The van der Waals surface area contributed by atoms with Crippen LogP contribution in [0.1, 0.15) is 25.0 Å². The number of benzene rings is 1. The molecule has 0 aliphatic carbocycles. The molecule has 0 saturated carbocycles. The Balaban J connectivity index is 0.00000484. The molecule has 1 rings (SSSR count). The van der Waals surface area contributed by atoms with E-state index in [9.17, 15) is 8.42 Å². The number of halogens is 1. The molecule has 0 heterocycles. The van der Waals surface area contributed by atoms with Crippen LogP contribution >= 0.6 is 24.0 Å². The van der Waals surface area contributed by atoms with Crippen molar-refractivity contribution in [2.75, 3.05) is 31.6 Å². The van der Waals surface area contributed by atoms with Gasteiger partial charge in [-0.05, 0) is 19.4 Å². The summed E-state index contributed by atoms with van der Waals surface area (Å²) in [6, 6.07) is 8.36. The molecule has 0 fully saturated rings. The highest BCUT2D eigenvalue weighted by molar-refractivity contribution is 14.0. The fourth-order valence-electron chi connectivity index (χ4n) is 1.95. The van der Waals surface area contributed by atoms with Crippen LogP contribution in [0.15, 0.2) is 29.3 Å². The van der Waals surface area contributed by atoms with Gasteiger partial charge in [0.05, 0.1) is 12.3 Å². The van der Waals surface area contributed by atoms with Crippen molar-refractivity contribution >= 4 is 39.8 Å². The summed E-state index contributed by atoms with van der Waals surface area (Å²) < 4.78 is 23.1. The Morgan fingerprint density at radius 3 is 2.35 bits per heavy atom. The van der Waals surface area contributed by atoms with E-state index in [0.717, 1.165) is 19.0 Å². The van der Waals surface area contributed by atoms with Crippen LogP contribution in [-0.4, -0.2) is 50.9 Å². The number of hydrogen-bond acceptors (Lipinski definition) is 3. The number of aryl methyl sites for hydroxylation is 1. The van der Waals surface area contributed by atoms with E-state index in [1.165, 1.54) is 11.1 Å². The van der Waals surface area contributed by atoms with Gasteiger partial charge in [-0.2, -0.15) is 0 Å². The first-order valence-electron chi connectivity index (χ1n) is 7.63. The SMILES string of the molecule is CCNC(=NCCS(=O)(=O)CC)N(C)Cc1ccc(C)cc1.I. The average molecular weight is 453 g/mol. The first-order valence-corrected chi connectivity index (χ1v) is 9.45. The summed E-state index contributed by atoms with van der Waals surface area (Å²) in [7, 11) is -1.02. The van der Waals surface area contributed by atoms with Crippen LogP contribution in [0.2, 0.25) is 0 Å². The molecule has 1 aromatic carbocycles. The lowest BCUT2D eigenvalue weighted by Crippen LogP contribution is -2.38. The monoisotopic (exact) mass is 453 g/mol. The van der Waals surface area contributed by atoms with Crippen molar-refractivity contribution in [1.29, 1.82) is 0 Å². The van der Waals surface area contributed by atoms with Crippen molar-refractivity contribution in [2.45, 2.75) is 27.3 Å². The quantitative estimate of drug-likeness (QED) is 0.392. The van der Waals surface area contributed by atoms with Crippen LogP contribution < -0.4 is 5.32 Å². The average Bonchev–Trinajstić information content (AvgIpc) is 2.48. The van der Waals surface area contributed by atoms with Crippen molar-refractivity contribution in [3.63, 3.8) is 0 Å². The van der Waals surface area contributed by atoms with Crippen LogP contribution in [0.25, 0.3) is 0 Å². The van der Waals surface area contributed by atoms with Crippen molar-refractivity contribution in [2.24, 2.45) is 4.99 Å². The van der Waals surface area contributed by atoms with E-state index in [2.05, 4.69) is 41.5 Å². The van der Waals surface area contributed by atoms with Crippen molar-refractivity contribution in [1.82, 2.24) is 10.2 Å². The van der Waals surface area contributed by atoms with Gasteiger partial charge in [-0.1, -0.05) is 36.8 Å². The van der Waals surface area contributed by atoms with E-state index in [1.807, 2.05) is 18.9 Å². The lowest BCUT2D eigenvalue weighted by Gasteiger charge is -2.22. The molecule has 0 unspecified atom stereocenters. The molecule has 0 amide bonds. The van der Waals surface area contributed by atoms with E-state index < -0.39 is 9.84 Å². The molecule has 0 saturated heterocycles. The van der Waals surface area contributed by atoms with Gasteiger partial charge in [0.1, 0.15) is 0 Å². The highest BCUT2D eigenvalue weighted by Crippen LogP contribution is 2.06. The maximum absolute atomic E-state index is 11.5. The number of nitrogens with zero attached hydrogens (tertiary/aromatic N) is 2. The van der Waals surface area contributed by atoms with Crippen LogP contribution in [0, 0.1) is 6.92 Å². The maximum Gasteiger partial charge on any atom is 0.193 e. The van der Waals surface area contributed by atoms with Gasteiger partial charge in [0, 0.05) is 25.9 Å². The number of aliphatic imine (C=N–C) groups is 1. The van der Waals surface area contributed by atoms with E-state index in [0.29, 0.717) is 0 Å². The second-order valence-electron chi connectivity index (χ2n) is 5.31. The van der Waals surface area contributed by atoms with Gasteiger partial charge >= 0.3 is 0 Å². The third-order valence-corrected chi connectivity index (χ3v) is 5.02. The number of guanidine groups is 1. The minimum absolute atomic E-state index is 0. The highest BCUT2D eigenvalue weighted by atomic mass is 127. The summed E-state index contributed by atoms with van der Waals surface area (Å²) in [5.41, 5.74) is 2.43. The fraction of sp³-hybridized carbons (Fsp3) is 0.562. The van der Waals surface area contributed by atoms with Crippen molar-refractivity contribution < 1.29 is 8.42 Å². The zero-order valence-electron chi connectivity index (χ0n) is 14.4. The molecule has 0 aromatic heterocycles. The van der Waals surface area contributed by atoms with Crippen molar-refractivity contribution in [3.8, 4) is 0 Å². The van der Waals surface area contributed by atoms with Gasteiger partial charge in [0.2, 0.25) is 0 Å². The van der Waals surface area contributed by atoms with Gasteiger partial charge in [-0.3, -0.25) is 4.99 Å². The predicted octanol–water partition coefficient (Wildman–Crippen LogP) is 2.45. The summed E-state index contributed by atoms with van der Waals surface area (Å²) in [4.78, 5) is 6.42. The Morgan fingerprint density at radius 1 is 1.22 bits per heavy atom. The lowest BCUT2D eigenvalue weighted by atomic mass is 10.1. The van der Waals surface area contributed by atoms with Crippen LogP contribution in [-0.2, 0) is 16.4 Å².